The number of rotatable bonds is 48. The molecule has 2 atom stereocenters. The Balaban J connectivity index is 3.55. The zero-order valence-corrected chi connectivity index (χ0v) is 40.4. The van der Waals surface area contributed by atoms with E-state index >= 15 is 0 Å². The number of esters is 1. The number of amides is 1. The molecule has 6 nitrogen and oxygen atoms in total. The van der Waals surface area contributed by atoms with E-state index in [9.17, 15) is 19.8 Å². The molecule has 0 spiro atoms. The lowest BCUT2D eigenvalue weighted by Gasteiger charge is -2.20. The van der Waals surface area contributed by atoms with Crippen molar-refractivity contribution in [3.8, 4) is 0 Å². The minimum atomic E-state index is -0.855. The summed E-state index contributed by atoms with van der Waals surface area (Å²) in [6.45, 7) is 4.82. The van der Waals surface area contributed by atoms with Crippen LogP contribution in [0.1, 0.15) is 264 Å². The zero-order chi connectivity index (χ0) is 44.4. The van der Waals surface area contributed by atoms with Crippen molar-refractivity contribution in [2.45, 2.75) is 276 Å². The third-order valence-electron chi connectivity index (χ3n) is 11.8. The molecule has 0 radical (unpaired) electrons. The van der Waals surface area contributed by atoms with E-state index in [0.29, 0.717) is 19.4 Å². The summed E-state index contributed by atoms with van der Waals surface area (Å²) in [5.74, 6) is -0.113. The molecule has 0 aromatic carbocycles. The van der Waals surface area contributed by atoms with Gasteiger partial charge in [-0.3, -0.25) is 9.59 Å². The molecule has 0 rings (SSSR count). The first-order chi connectivity index (χ1) is 30.0. The van der Waals surface area contributed by atoms with Gasteiger partial charge in [0.15, 0.2) is 0 Å². The first kappa shape index (κ1) is 58.8. The van der Waals surface area contributed by atoms with Crippen molar-refractivity contribution in [2.24, 2.45) is 0 Å². The van der Waals surface area contributed by atoms with E-state index in [1.807, 2.05) is 6.08 Å². The number of carbonyl (C=O) groups is 2. The lowest BCUT2D eigenvalue weighted by molar-refractivity contribution is -0.143. The SMILES string of the molecule is CCCCC/C=C\CCCCCCCC(=O)OCCCCC/C=C\C/C=C\CCCCCCCCCC(=O)NC(CO)C(O)/C=C/CCCCCCCCCCCCCCC. The predicted octanol–water partition coefficient (Wildman–Crippen LogP) is 15.8. The molecule has 0 heterocycles. The second-order valence-electron chi connectivity index (χ2n) is 17.8. The summed E-state index contributed by atoms with van der Waals surface area (Å²) in [5, 5.41) is 23.1. The first-order valence-electron chi connectivity index (χ1n) is 26.4. The van der Waals surface area contributed by atoms with Gasteiger partial charge in [0.2, 0.25) is 5.91 Å². The summed E-state index contributed by atoms with van der Waals surface area (Å²) in [4.78, 5) is 24.4. The van der Waals surface area contributed by atoms with E-state index in [-0.39, 0.29) is 18.5 Å². The normalized spacial score (nSPS) is 13.0. The molecule has 1 amide bonds. The maximum atomic E-state index is 12.4. The van der Waals surface area contributed by atoms with Crippen LogP contribution in [0.2, 0.25) is 0 Å². The summed E-state index contributed by atoms with van der Waals surface area (Å²) < 4.78 is 5.43. The summed E-state index contributed by atoms with van der Waals surface area (Å²) in [6.07, 6.45) is 62.6. The number of carbonyl (C=O) groups excluding carboxylic acids is 2. The highest BCUT2D eigenvalue weighted by Crippen LogP contribution is 2.15. The van der Waals surface area contributed by atoms with Crippen molar-refractivity contribution < 1.29 is 24.5 Å². The molecular formula is C55H101NO5. The molecular weight excluding hydrogens is 755 g/mol. The molecule has 3 N–H and O–H groups in total. The molecule has 0 aromatic heterocycles. The highest BCUT2D eigenvalue weighted by molar-refractivity contribution is 5.76. The van der Waals surface area contributed by atoms with Crippen LogP contribution in [0.25, 0.3) is 0 Å². The average Bonchev–Trinajstić information content (AvgIpc) is 3.26. The standard InChI is InChI=1S/C55H101NO5/c1-3-5-7-9-11-13-15-17-21-24-27-31-35-39-43-47-53(58)52(51-57)56-54(59)48-44-40-36-32-28-25-22-19-18-20-23-26-30-34-38-42-46-50-61-55(60)49-45-41-37-33-29-16-14-12-10-8-6-4-2/h12,14,18,20,26,30,43,47,52-53,57-58H,3-11,13,15-17,19,21-25,27-29,31-42,44-46,48-51H2,1-2H3,(H,56,59)/b14-12-,20-18-,30-26-,47-43+. The van der Waals surface area contributed by atoms with E-state index in [1.165, 1.54) is 154 Å². The number of aliphatic hydroxyl groups is 2. The molecule has 0 saturated carbocycles. The molecule has 0 saturated heterocycles. The lowest BCUT2D eigenvalue weighted by Crippen LogP contribution is -2.45. The number of nitrogens with one attached hydrogen (secondary N) is 1. The lowest BCUT2D eigenvalue weighted by atomic mass is 10.0. The molecule has 0 aromatic rings. The van der Waals surface area contributed by atoms with E-state index < -0.39 is 12.1 Å². The van der Waals surface area contributed by atoms with E-state index in [2.05, 4.69) is 55.6 Å². The van der Waals surface area contributed by atoms with Gasteiger partial charge in [0.1, 0.15) is 0 Å². The van der Waals surface area contributed by atoms with Crippen molar-refractivity contribution in [3.05, 3.63) is 48.6 Å². The van der Waals surface area contributed by atoms with Crippen molar-refractivity contribution in [3.63, 3.8) is 0 Å². The smallest absolute Gasteiger partial charge is 0.305 e. The summed E-state index contributed by atoms with van der Waals surface area (Å²) in [5.41, 5.74) is 0. The molecule has 6 heteroatoms. The second kappa shape index (κ2) is 50.5. The monoisotopic (exact) mass is 856 g/mol. The summed E-state index contributed by atoms with van der Waals surface area (Å²) >= 11 is 0. The first-order valence-corrected chi connectivity index (χ1v) is 26.4. The summed E-state index contributed by atoms with van der Waals surface area (Å²) in [7, 11) is 0. The van der Waals surface area contributed by atoms with Gasteiger partial charge >= 0.3 is 5.97 Å². The Bertz CT molecular complexity index is 1040. The maximum Gasteiger partial charge on any atom is 0.305 e. The number of hydrogen-bond donors (Lipinski definition) is 3. The third-order valence-corrected chi connectivity index (χ3v) is 11.8. The van der Waals surface area contributed by atoms with Gasteiger partial charge in [0, 0.05) is 12.8 Å². The topological polar surface area (TPSA) is 95.9 Å². The fourth-order valence-corrected chi connectivity index (χ4v) is 7.71. The predicted molar refractivity (Wildman–Crippen MR) is 264 cm³/mol. The molecule has 61 heavy (non-hydrogen) atoms. The van der Waals surface area contributed by atoms with Crippen molar-refractivity contribution in [1.82, 2.24) is 5.32 Å². The number of aliphatic hydroxyl groups excluding tert-OH is 2. The van der Waals surface area contributed by atoms with E-state index in [4.69, 9.17) is 4.74 Å². The molecule has 0 bridgehead atoms. The van der Waals surface area contributed by atoms with Gasteiger partial charge in [-0.05, 0) is 96.3 Å². The van der Waals surface area contributed by atoms with Gasteiger partial charge in [-0.1, -0.05) is 204 Å². The molecule has 0 fully saturated rings. The van der Waals surface area contributed by atoms with Crippen molar-refractivity contribution >= 4 is 11.9 Å². The average molecular weight is 856 g/mol. The number of allylic oxidation sites excluding steroid dienone is 7. The Labute approximate surface area is 378 Å². The van der Waals surface area contributed by atoms with Crippen molar-refractivity contribution in [1.29, 1.82) is 0 Å². The molecule has 0 aliphatic heterocycles. The Morgan fingerprint density at radius 1 is 0.459 bits per heavy atom. The Kier molecular flexibility index (Phi) is 48.7. The van der Waals surface area contributed by atoms with Crippen LogP contribution in [0, 0.1) is 0 Å². The number of unbranched alkanes of at least 4 members (excludes halogenated alkanes) is 31. The fourth-order valence-electron chi connectivity index (χ4n) is 7.71. The van der Waals surface area contributed by atoms with Gasteiger partial charge < -0.3 is 20.3 Å². The second-order valence-corrected chi connectivity index (χ2v) is 17.8. The van der Waals surface area contributed by atoms with Crippen LogP contribution >= 0.6 is 0 Å². The van der Waals surface area contributed by atoms with Gasteiger partial charge in [0.25, 0.3) is 0 Å². The van der Waals surface area contributed by atoms with Crippen LogP contribution < -0.4 is 5.32 Å². The Morgan fingerprint density at radius 2 is 0.820 bits per heavy atom. The van der Waals surface area contributed by atoms with Crippen LogP contribution in [0.15, 0.2) is 48.6 Å². The largest absolute Gasteiger partial charge is 0.466 e. The van der Waals surface area contributed by atoms with Gasteiger partial charge in [0.05, 0.1) is 25.4 Å². The zero-order valence-electron chi connectivity index (χ0n) is 40.4. The Morgan fingerprint density at radius 3 is 1.30 bits per heavy atom. The molecule has 2 unspecified atom stereocenters. The Hall–Kier alpha value is -2.18. The quantitative estimate of drug-likeness (QED) is 0.0322. The van der Waals surface area contributed by atoms with E-state index in [0.717, 1.165) is 83.5 Å². The van der Waals surface area contributed by atoms with Crippen LogP contribution in [-0.4, -0.2) is 47.4 Å². The van der Waals surface area contributed by atoms with Crippen LogP contribution in [0.5, 0.6) is 0 Å². The highest BCUT2D eigenvalue weighted by atomic mass is 16.5. The summed E-state index contributed by atoms with van der Waals surface area (Å²) in [6, 6.07) is -0.640. The van der Waals surface area contributed by atoms with Gasteiger partial charge in [-0.25, -0.2) is 0 Å². The highest BCUT2D eigenvalue weighted by Gasteiger charge is 2.18. The van der Waals surface area contributed by atoms with Crippen LogP contribution in [-0.2, 0) is 14.3 Å². The fraction of sp³-hybridized carbons (Fsp3) is 0.818. The number of hydrogen-bond acceptors (Lipinski definition) is 5. The molecule has 0 aliphatic rings. The van der Waals surface area contributed by atoms with Gasteiger partial charge in [-0.15, -0.1) is 0 Å². The van der Waals surface area contributed by atoms with E-state index in [1.54, 1.807) is 6.08 Å². The third kappa shape index (κ3) is 47.1. The van der Waals surface area contributed by atoms with Gasteiger partial charge in [-0.2, -0.15) is 0 Å². The molecule has 356 valence electrons. The van der Waals surface area contributed by atoms with Crippen LogP contribution in [0.4, 0.5) is 0 Å². The number of ether oxygens (including phenoxy) is 1. The maximum absolute atomic E-state index is 12.4. The minimum Gasteiger partial charge on any atom is -0.466 e. The van der Waals surface area contributed by atoms with Crippen molar-refractivity contribution in [2.75, 3.05) is 13.2 Å². The van der Waals surface area contributed by atoms with Crippen LogP contribution in [0.3, 0.4) is 0 Å². The molecule has 0 aliphatic carbocycles. The minimum absolute atomic E-state index is 0.0274.